The highest BCUT2D eigenvalue weighted by Gasteiger charge is 2.14. The Labute approximate surface area is 167 Å². The van der Waals surface area contributed by atoms with Gasteiger partial charge >= 0.3 is 0 Å². The Hall–Kier alpha value is -3.86. The Bertz CT molecular complexity index is 1300. The summed E-state index contributed by atoms with van der Waals surface area (Å²) in [6.45, 7) is 0.600. The van der Waals surface area contributed by atoms with Crippen LogP contribution in [-0.4, -0.2) is 15.7 Å². The standard InChI is InChI=1S/C24H19N3O2/c28-23(26-22-12-13-25-27(22)15-17-6-2-1-3-7-17)14-19-16-29-21-11-10-18-8-4-5-9-20(18)24(19)21/h1-13,16H,14-15H2,(H,26,28). The van der Waals surface area contributed by atoms with Gasteiger partial charge in [-0.05, 0) is 22.4 Å². The Kier molecular flexibility index (Phi) is 4.33. The van der Waals surface area contributed by atoms with E-state index in [-0.39, 0.29) is 12.3 Å². The summed E-state index contributed by atoms with van der Waals surface area (Å²) in [6.07, 6.45) is 3.61. The van der Waals surface area contributed by atoms with E-state index in [9.17, 15) is 4.79 Å². The largest absolute Gasteiger partial charge is 0.464 e. The van der Waals surface area contributed by atoms with Crippen molar-refractivity contribution in [3.8, 4) is 0 Å². The summed E-state index contributed by atoms with van der Waals surface area (Å²) in [5, 5.41) is 10.5. The molecule has 0 radical (unpaired) electrons. The molecule has 5 heteroatoms. The van der Waals surface area contributed by atoms with Crippen LogP contribution >= 0.6 is 0 Å². The maximum Gasteiger partial charge on any atom is 0.230 e. The van der Waals surface area contributed by atoms with Crippen LogP contribution in [0, 0.1) is 0 Å². The van der Waals surface area contributed by atoms with Crippen LogP contribution in [-0.2, 0) is 17.8 Å². The van der Waals surface area contributed by atoms with Crippen LogP contribution in [0.1, 0.15) is 11.1 Å². The average molecular weight is 381 g/mol. The summed E-state index contributed by atoms with van der Waals surface area (Å²) < 4.78 is 7.49. The predicted octanol–water partition coefficient (Wildman–Crippen LogP) is 5.01. The quantitative estimate of drug-likeness (QED) is 0.465. The topological polar surface area (TPSA) is 60.1 Å². The molecule has 0 spiro atoms. The number of fused-ring (bicyclic) bond motifs is 3. The van der Waals surface area contributed by atoms with Gasteiger partial charge < -0.3 is 9.73 Å². The fourth-order valence-corrected chi connectivity index (χ4v) is 3.69. The lowest BCUT2D eigenvalue weighted by molar-refractivity contribution is -0.115. The van der Waals surface area contributed by atoms with Crippen molar-refractivity contribution >= 4 is 33.5 Å². The van der Waals surface area contributed by atoms with Crippen LogP contribution < -0.4 is 5.32 Å². The fourth-order valence-electron chi connectivity index (χ4n) is 3.69. The number of furan rings is 1. The van der Waals surface area contributed by atoms with Gasteiger partial charge in [-0.25, -0.2) is 4.68 Å². The molecule has 142 valence electrons. The molecule has 2 aromatic heterocycles. The van der Waals surface area contributed by atoms with Crippen LogP contribution in [0.15, 0.2) is 89.7 Å². The van der Waals surface area contributed by atoms with E-state index in [0.29, 0.717) is 12.4 Å². The number of aromatic nitrogens is 2. The zero-order chi connectivity index (χ0) is 19.6. The third-order valence-corrected chi connectivity index (χ3v) is 5.05. The summed E-state index contributed by atoms with van der Waals surface area (Å²) >= 11 is 0. The summed E-state index contributed by atoms with van der Waals surface area (Å²) in [7, 11) is 0. The van der Waals surface area contributed by atoms with Gasteiger partial charge in [0.1, 0.15) is 11.4 Å². The van der Waals surface area contributed by atoms with Crippen molar-refractivity contribution in [1.29, 1.82) is 0 Å². The lowest BCUT2D eigenvalue weighted by Crippen LogP contribution is -2.17. The number of amides is 1. The highest BCUT2D eigenvalue weighted by Crippen LogP contribution is 2.30. The molecule has 0 saturated heterocycles. The van der Waals surface area contributed by atoms with E-state index in [4.69, 9.17) is 4.42 Å². The number of carbonyl (C=O) groups is 1. The number of carbonyl (C=O) groups excluding carboxylic acids is 1. The minimum atomic E-state index is -0.101. The van der Waals surface area contributed by atoms with Crippen molar-refractivity contribution < 1.29 is 9.21 Å². The summed E-state index contributed by atoms with van der Waals surface area (Å²) in [4.78, 5) is 12.8. The van der Waals surface area contributed by atoms with Crippen LogP contribution in [0.5, 0.6) is 0 Å². The van der Waals surface area contributed by atoms with E-state index >= 15 is 0 Å². The first kappa shape index (κ1) is 17.3. The van der Waals surface area contributed by atoms with Crippen molar-refractivity contribution in [1.82, 2.24) is 9.78 Å². The molecule has 29 heavy (non-hydrogen) atoms. The maximum absolute atomic E-state index is 12.8. The van der Waals surface area contributed by atoms with E-state index in [1.165, 1.54) is 0 Å². The van der Waals surface area contributed by atoms with Crippen LogP contribution in [0.4, 0.5) is 5.82 Å². The Morgan fingerprint density at radius 1 is 0.966 bits per heavy atom. The van der Waals surface area contributed by atoms with Gasteiger partial charge in [-0.1, -0.05) is 60.7 Å². The first-order chi connectivity index (χ1) is 14.3. The second kappa shape index (κ2) is 7.28. The van der Waals surface area contributed by atoms with Crippen molar-refractivity contribution in [2.75, 3.05) is 5.32 Å². The minimum Gasteiger partial charge on any atom is -0.464 e. The number of anilines is 1. The zero-order valence-electron chi connectivity index (χ0n) is 15.7. The number of benzene rings is 3. The normalized spacial score (nSPS) is 11.2. The van der Waals surface area contributed by atoms with Crippen molar-refractivity contribution in [2.24, 2.45) is 0 Å². The molecule has 0 bridgehead atoms. The average Bonchev–Trinajstić information content (AvgIpc) is 3.36. The highest BCUT2D eigenvalue weighted by molar-refractivity contribution is 6.08. The Morgan fingerprint density at radius 2 is 1.79 bits per heavy atom. The molecule has 1 amide bonds. The molecule has 0 aliphatic heterocycles. The summed E-state index contributed by atoms with van der Waals surface area (Å²) in [5.41, 5.74) is 2.79. The molecule has 1 N–H and O–H groups in total. The van der Waals surface area contributed by atoms with Gasteiger partial charge in [0.15, 0.2) is 0 Å². The maximum atomic E-state index is 12.8. The second-order valence-corrected chi connectivity index (χ2v) is 7.01. The molecule has 0 atom stereocenters. The van der Waals surface area contributed by atoms with Crippen LogP contribution in [0.3, 0.4) is 0 Å². The minimum absolute atomic E-state index is 0.101. The van der Waals surface area contributed by atoms with Gasteiger partial charge in [-0.3, -0.25) is 4.79 Å². The fraction of sp³-hybridized carbons (Fsp3) is 0.0833. The molecule has 5 aromatic rings. The Balaban J connectivity index is 1.38. The van der Waals surface area contributed by atoms with Crippen molar-refractivity contribution in [2.45, 2.75) is 13.0 Å². The lowest BCUT2D eigenvalue weighted by atomic mass is 10.0. The van der Waals surface area contributed by atoms with E-state index in [2.05, 4.69) is 22.5 Å². The monoisotopic (exact) mass is 381 g/mol. The molecule has 5 nitrogen and oxygen atoms in total. The summed E-state index contributed by atoms with van der Waals surface area (Å²) in [5.74, 6) is 0.576. The van der Waals surface area contributed by atoms with Gasteiger partial charge in [-0.15, -0.1) is 0 Å². The van der Waals surface area contributed by atoms with E-state index in [0.717, 1.165) is 32.9 Å². The lowest BCUT2D eigenvalue weighted by Gasteiger charge is -2.09. The van der Waals surface area contributed by atoms with Gasteiger partial charge in [0.05, 0.1) is 25.4 Å². The number of hydrogen-bond donors (Lipinski definition) is 1. The first-order valence-electron chi connectivity index (χ1n) is 9.51. The number of hydrogen-bond acceptors (Lipinski definition) is 3. The van der Waals surface area contributed by atoms with Crippen molar-refractivity contribution in [3.63, 3.8) is 0 Å². The molecule has 0 aliphatic carbocycles. The van der Waals surface area contributed by atoms with Crippen LogP contribution in [0.2, 0.25) is 0 Å². The molecule has 2 heterocycles. The van der Waals surface area contributed by atoms with Gasteiger partial charge in [0.2, 0.25) is 5.91 Å². The molecular formula is C24H19N3O2. The molecule has 0 unspecified atom stereocenters. The number of nitrogens with zero attached hydrogens (tertiary/aromatic N) is 2. The molecule has 0 aliphatic rings. The van der Waals surface area contributed by atoms with E-state index in [1.807, 2.05) is 60.7 Å². The molecule has 0 saturated carbocycles. The van der Waals surface area contributed by atoms with Gasteiger partial charge in [0, 0.05) is 17.0 Å². The molecule has 5 rings (SSSR count). The Morgan fingerprint density at radius 3 is 2.69 bits per heavy atom. The SMILES string of the molecule is O=C(Cc1coc2ccc3ccccc3c12)Nc1ccnn1Cc1ccccc1. The highest BCUT2D eigenvalue weighted by atomic mass is 16.3. The van der Waals surface area contributed by atoms with E-state index < -0.39 is 0 Å². The van der Waals surface area contributed by atoms with Gasteiger partial charge in [0.25, 0.3) is 0 Å². The first-order valence-corrected chi connectivity index (χ1v) is 9.51. The smallest absolute Gasteiger partial charge is 0.230 e. The second-order valence-electron chi connectivity index (χ2n) is 7.01. The molecule has 3 aromatic carbocycles. The van der Waals surface area contributed by atoms with E-state index in [1.54, 1.807) is 17.1 Å². The molecular weight excluding hydrogens is 362 g/mol. The third kappa shape index (κ3) is 3.38. The summed E-state index contributed by atoms with van der Waals surface area (Å²) in [6, 6.07) is 24.0. The van der Waals surface area contributed by atoms with Gasteiger partial charge in [-0.2, -0.15) is 5.10 Å². The third-order valence-electron chi connectivity index (χ3n) is 5.05. The van der Waals surface area contributed by atoms with Crippen LogP contribution in [0.25, 0.3) is 21.7 Å². The van der Waals surface area contributed by atoms with Crippen molar-refractivity contribution in [3.05, 3.63) is 96.4 Å². The number of rotatable bonds is 5. The number of nitrogens with one attached hydrogen (secondary N) is 1. The predicted molar refractivity (Wildman–Crippen MR) is 114 cm³/mol. The zero-order valence-corrected chi connectivity index (χ0v) is 15.7. The molecule has 0 fully saturated rings.